The average molecular weight is 268 g/mol. The molecule has 1 N–H and O–H groups in total. The minimum atomic E-state index is -1.05. The maximum Gasteiger partial charge on any atom is 0.330 e. The monoisotopic (exact) mass is 268 g/mol. The molecule has 0 aromatic heterocycles. The molecule has 0 amide bonds. The van der Waals surface area contributed by atoms with Crippen molar-refractivity contribution < 1.29 is 13.9 Å². The van der Waals surface area contributed by atoms with Crippen molar-refractivity contribution in [2.75, 3.05) is 34.3 Å². The fourth-order valence-corrected chi connectivity index (χ4v) is 1.83. The van der Waals surface area contributed by atoms with E-state index < -0.39 is 11.5 Å². The molecule has 0 bridgehead atoms. The number of benzene rings is 1. The van der Waals surface area contributed by atoms with Gasteiger partial charge < -0.3 is 9.64 Å². The molecule has 0 heterocycles. The average Bonchev–Trinajstić information content (AvgIpc) is 2.37. The summed E-state index contributed by atoms with van der Waals surface area (Å²) in [7, 11) is 5.21. The molecule has 0 radical (unpaired) electrons. The normalized spacial score (nSPS) is 14.2. The number of nitrogens with one attached hydrogen (secondary N) is 1. The summed E-state index contributed by atoms with van der Waals surface area (Å²) >= 11 is 0. The first-order valence-corrected chi connectivity index (χ1v) is 6.14. The molecule has 1 atom stereocenters. The first-order chi connectivity index (χ1) is 8.90. The van der Waals surface area contributed by atoms with Crippen molar-refractivity contribution in [3.8, 4) is 0 Å². The van der Waals surface area contributed by atoms with E-state index in [1.807, 2.05) is 19.0 Å². The van der Waals surface area contributed by atoms with Crippen LogP contribution in [0.2, 0.25) is 0 Å². The molecule has 0 saturated carbocycles. The lowest BCUT2D eigenvalue weighted by Crippen LogP contribution is -2.49. The van der Waals surface area contributed by atoms with Crippen LogP contribution in [0.5, 0.6) is 0 Å². The van der Waals surface area contributed by atoms with Crippen LogP contribution in [0.3, 0.4) is 0 Å². The first-order valence-electron chi connectivity index (χ1n) is 6.14. The molecule has 1 aromatic rings. The van der Waals surface area contributed by atoms with Crippen molar-refractivity contribution in [3.05, 3.63) is 35.6 Å². The second-order valence-electron chi connectivity index (χ2n) is 4.86. The molecule has 0 aliphatic carbocycles. The summed E-state index contributed by atoms with van der Waals surface area (Å²) in [5.41, 5.74) is -0.495. The highest BCUT2D eigenvalue weighted by Gasteiger charge is 2.36. The predicted molar refractivity (Wildman–Crippen MR) is 72.3 cm³/mol. The summed E-state index contributed by atoms with van der Waals surface area (Å²) in [6, 6.07) is 5.99. The van der Waals surface area contributed by atoms with Crippen molar-refractivity contribution in [3.63, 3.8) is 0 Å². The van der Waals surface area contributed by atoms with E-state index in [0.717, 1.165) is 6.54 Å². The van der Waals surface area contributed by atoms with Gasteiger partial charge in [-0.2, -0.15) is 0 Å². The lowest BCUT2D eigenvalue weighted by atomic mass is 9.92. The zero-order valence-electron chi connectivity index (χ0n) is 11.9. The van der Waals surface area contributed by atoms with Gasteiger partial charge in [0.15, 0.2) is 0 Å². The number of likely N-dealkylation sites (N-methyl/N-ethyl adjacent to an activating group) is 1. The Morgan fingerprint density at radius 3 is 2.68 bits per heavy atom. The van der Waals surface area contributed by atoms with E-state index in [-0.39, 0.29) is 5.82 Å². The third-order valence-electron chi connectivity index (χ3n) is 3.03. The lowest BCUT2D eigenvalue weighted by Gasteiger charge is -2.29. The first kappa shape index (κ1) is 15.6. The topological polar surface area (TPSA) is 41.6 Å². The molecular formula is C14H21FN2O2. The van der Waals surface area contributed by atoms with Crippen molar-refractivity contribution >= 4 is 5.97 Å². The highest BCUT2D eigenvalue weighted by Crippen LogP contribution is 2.23. The van der Waals surface area contributed by atoms with Gasteiger partial charge in [0.05, 0.1) is 7.11 Å². The Labute approximate surface area is 113 Å². The number of methoxy groups -OCH3 is 1. The van der Waals surface area contributed by atoms with E-state index in [9.17, 15) is 9.18 Å². The van der Waals surface area contributed by atoms with E-state index in [2.05, 4.69) is 5.32 Å². The fourth-order valence-electron chi connectivity index (χ4n) is 1.83. The molecule has 0 fully saturated rings. The molecule has 0 aliphatic rings. The van der Waals surface area contributed by atoms with Gasteiger partial charge >= 0.3 is 5.97 Å². The molecular weight excluding hydrogens is 247 g/mol. The number of ether oxygens (including phenoxy) is 1. The predicted octanol–water partition coefficient (Wildman–Crippen LogP) is 1.37. The van der Waals surface area contributed by atoms with Crippen LogP contribution in [0.4, 0.5) is 4.39 Å². The third-order valence-corrected chi connectivity index (χ3v) is 3.03. The number of hydrogen-bond acceptors (Lipinski definition) is 4. The van der Waals surface area contributed by atoms with Crippen LogP contribution in [0.15, 0.2) is 24.3 Å². The van der Waals surface area contributed by atoms with Crippen molar-refractivity contribution in [2.24, 2.45) is 0 Å². The van der Waals surface area contributed by atoms with Gasteiger partial charge in [-0.3, -0.25) is 5.32 Å². The quantitative estimate of drug-likeness (QED) is 0.791. The van der Waals surface area contributed by atoms with Gasteiger partial charge in [-0.1, -0.05) is 12.1 Å². The van der Waals surface area contributed by atoms with Gasteiger partial charge in [0.1, 0.15) is 11.4 Å². The highest BCUT2D eigenvalue weighted by molar-refractivity contribution is 5.82. The molecule has 106 valence electrons. The minimum Gasteiger partial charge on any atom is -0.467 e. The van der Waals surface area contributed by atoms with Gasteiger partial charge in [-0.25, -0.2) is 9.18 Å². The fraction of sp³-hybridized carbons (Fsp3) is 0.500. The van der Waals surface area contributed by atoms with Gasteiger partial charge in [0.25, 0.3) is 0 Å². The second kappa shape index (κ2) is 6.63. The van der Waals surface area contributed by atoms with Gasteiger partial charge in [0, 0.05) is 13.1 Å². The van der Waals surface area contributed by atoms with E-state index in [0.29, 0.717) is 12.1 Å². The second-order valence-corrected chi connectivity index (χ2v) is 4.86. The minimum absolute atomic E-state index is 0.373. The van der Waals surface area contributed by atoms with Crippen LogP contribution in [0.1, 0.15) is 12.5 Å². The van der Waals surface area contributed by atoms with Gasteiger partial charge in [-0.15, -0.1) is 0 Å². The number of hydrogen-bond donors (Lipinski definition) is 1. The number of rotatable bonds is 6. The molecule has 1 rings (SSSR count). The van der Waals surface area contributed by atoms with Crippen molar-refractivity contribution in [1.82, 2.24) is 10.2 Å². The Hall–Kier alpha value is -1.46. The van der Waals surface area contributed by atoms with Crippen LogP contribution >= 0.6 is 0 Å². The van der Waals surface area contributed by atoms with E-state index >= 15 is 0 Å². The summed E-state index contributed by atoms with van der Waals surface area (Å²) in [5, 5.41) is 3.14. The Morgan fingerprint density at radius 2 is 2.16 bits per heavy atom. The molecule has 1 unspecified atom stereocenters. The zero-order chi connectivity index (χ0) is 14.5. The number of esters is 1. The Bertz CT molecular complexity index is 437. The standard InChI is InChI=1S/C14H21FN2O2/c1-14(13(18)19-4,16-8-9-17(2)3)11-6-5-7-12(15)10-11/h5-7,10,16H,8-9H2,1-4H3. The summed E-state index contributed by atoms with van der Waals surface area (Å²) < 4.78 is 18.2. The number of carbonyl (C=O) groups is 1. The van der Waals surface area contributed by atoms with Gasteiger partial charge in [-0.05, 0) is 38.7 Å². The lowest BCUT2D eigenvalue weighted by molar-refractivity contribution is -0.148. The Morgan fingerprint density at radius 1 is 1.47 bits per heavy atom. The molecule has 0 aliphatic heterocycles. The SMILES string of the molecule is COC(=O)C(C)(NCCN(C)C)c1cccc(F)c1. The van der Waals surface area contributed by atoms with Crippen molar-refractivity contribution in [1.29, 1.82) is 0 Å². The van der Waals surface area contributed by atoms with Crippen LogP contribution in [-0.4, -0.2) is 45.2 Å². The maximum atomic E-state index is 13.3. The molecule has 4 nitrogen and oxygen atoms in total. The number of nitrogens with zero attached hydrogens (tertiary/aromatic N) is 1. The Balaban J connectivity index is 2.96. The molecule has 0 saturated heterocycles. The maximum absolute atomic E-state index is 13.3. The zero-order valence-corrected chi connectivity index (χ0v) is 11.9. The Kier molecular flexibility index (Phi) is 5.44. The van der Waals surface area contributed by atoms with Crippen LogP contribution in [0.25, 0.3) is 0 Å². The summed E-state index contributed by atoms with van der Waals surface area (Å²) in [4.78, 5) is 14.0. The van der Waals surface area contributed by atoms with E-state index in [1.165, 1.54) is 19.2 Å². The van der Waals surface area contributed by atoms with E-state index in [4.69, 9.17) is 4.74 Å². The molecule has 0 spiro atoms. The smallest absolute Gasteiger partial charge is 0.330 e. The molecule has 19 heavy (non-hydrogen) atoms. The summed E-state index contributed by atoms with van der Waals surface area (Å²) in [5.74, 6) is -0.807. The highest BCUT2D eigenvalue weighted by atomic mass is 19.1. The van der Waals surface area contributed by atoms with Crippen LogP contribution < -0.4 is 5.32 Å². The van der Waals surface area contributed by atoms with Crippen LogP contribution in [-0.2, 0) is 15.1 Å². The molecule has 1 aromatic carbocycles. The van der Waals surface area contributed by atoms with E-state index in [1.54, 1.807) is 19.1 Å². The number of carbonyl (C=O) groups excluding carboxylic acids is 1. The van der Waals surface area contributed by atoms with Gasteiger partial charge in [0.2, 0.25) is 0 Å². The number of halogens is 1. The largest absolute Gasteiger partial charge is 0.467 e. The summed E-state index contributed by atoms with van der Waals surface area (Å²) in [6.07, 6.45) is 0. The third kappa shape index (κ3) is 4.01. The summed E-state index contributed by atoms with van der Waals surface area (Å²) in [6.45, 7) is 3.06. The van der Waals surface area contributed by atoms with Crippen LogP contribution in [0, 0.1) is 5.82 Å². The molecule has 5 heteroatoms. The van der Waals surface area contributed by atoms with Crippen molar-refractivity contribution in [2.45, 2.75) is 12.5 Å².